The van der Waals surface area contributed by atoms with Gasteiger partial charge in [-0.15, -0.1) is 0 Å². The van der Waals surface area contributed by atoms with Gasteiger partial charge < -0.3 is 4.90 Å². The fraction of sp³-hybridized carbons (Fsp3) is 0.444. The molecule has 1 aliphatic rings. The summed E-state index contributed by atoms with van der Waals surface area (Å²) in [5.41, 5.74) is -0.331. The molecular formula is C18H24N4O3S. The zero-order valence-corrected chi connectivity index (χ0v) is 16.1. The summed E-state index contributed by atoms with van der Waals surface area (Å²) in [5, 5.41) is 4.27. The van der Waals surface area contributed by atoms with Gasteiger partial charge in [-0.2, -0.15) is 9.40 Å². The van der Waals surface area contributed by atoms with Crippen LogP contribution in [0.2, 0.25) is 0 Å². The fourth-order valence-corrected chi connectivity index (χ4v) is 5.34. The molecule has 1 amide bonds. The van der Waals surface area contributed by atoms with Crippen molar-refractivity contribution in [3.8, 4) is 0 Å². The Morgan fingerprint density at radius 3 is 2.58 bits per heavy atom. The minimum atomic E-state index is -3.69. The number of aromatic nitrogens is 2. The SMILES string of the molecule is Cc1ccccc1S(=O)(=O)N1CCCC(C(=O)N(C)C)(n2cccn2)C1. The topological polar surface area (TPSA) is 75.5 Å². The van der Waals surface area contributed by atoms with Crippen LogP contribution in [-0.4, -0.2) is 60.5 Å². The average Bonchev–Trinajstić information content (AvgIpc) is 3.16. The number of aryl methyl sites for hydroxylation is 1. The minimum absolute atomic E-state index is 0.0718. The van der Waals surface area contributed by atoms with Crippen LogP contribution in [0.25, 0.3) is 0 Å². The lowest BCUT2D eigenvalue weighted by atomic mass is 9.88. The normalized spacial score (nSPS) is 21.5. The molecule has 0 aliphatic carbocycles. The Bertz CT molecular complexity index is 893. The molecule has 1 atom stereocenters. The van der Waals surface area contributed by atoms with Crippen LogP contribution < -0.4 is 0 Å². The second kappa shape index (κ2) is 6.85. The van der Waals surface area contributed by atoms with E-state index in [1.54, 1.807) is 62.4 Å². The first-order valence-electron chi connectivity index (χ1n) is 8.57. The third-order valence-electron chi connectivity index (χ3n) is 4.89. The van der Waals surface area contributed by atoms with Gasteiger partial charge in [-0.1, -0.05) is 18.2 Å². The lowest BCUT2D eigenvalue weighted by molar-refractivity contribution is -0.141. The lowest BCUT2D eigenvalue weighted by Gasteiger charge is -2.42. The van der Waals surface area contributed by atoms with Crippen LogP contribution >= 0.6 is 0 Å². The molecule has 1 aliphatic heterocycles. The van der Waals surface area contributed by atoms with Crippen molar-refractivity contribution >= 4 is 15.9 Å². The maximum atomic E-state index is 13.2. The fourth-order valence-electron chi connectivity index (χ4n) is 3.59. The highest BCUT2D eigenvalue weighted by Gasteiger charge is 2.48. The van der Waals surface area contributed by atoms with Crippen LogP contribution in [0, 0.1) is 6.92 Å². The first kappa shape index (κ1) is 18.6. The molecule has 0 N–H and O–H groups in total. The predicted molar refractivity (Wildman–Crippen MR) is 98.1 cm³/mol. The van der Waals surface area contributed by atoms with Crippen molar-refractivity contribution in [1.82, 2.24) is 19.0 Å². The largest absolute Gasteiger partial charge is 0.347 e. The zero-order valence-electron chi connectivity index (χ0n) is 15.3. The number of carbonyl (C=O) groups is 1. The third kappa shape index (κ3) is 3.03. The maximum Gasteiger partial charge on any atom is 0.251 e. The Labute approximate surface area is 154 Å². The Hall–Kier alpha value is -2.19. The molecule has 8 heteroatoms. The van der Waals surface area contributed by atoms with Gasteiger partial charge in [0.15, 0.2) is 5.54 Å². The molecule has 1 aromatic carbocycles. The molecule has 1 fully saturated rings. The molecule has 26 heavy (non-hydrogen) atoms. The van der Waals surface area contributed by atoms with Crippen LogP contribution in [0.15, 0.2) is 47.6 Å². The van der Waals surface area contributed by atoms with Crippen LogP contribution in [-0.2, 0) is 20.4 Å². The zero-order chi connectivity index (χ0) is 18.9. The number of benzene rings is 1. The molecule has 2 heterocycles. The number of amides is 1. The molecular weight excluding hydrogens is 352 g/mol. The summed E-state index contributed by atoms with van der Waals surface area (Å²) in [6.45, 7) is 2.24. The van der Waals surface area contributed by atoms with Crippen molar-refractivity contribution in [2.24, 2.45) is 0 Å². The van der Waals surface area contributed by atoms with Crippen LogP contribution in [0.1, 0.15) is 18.4 Å². The molecule has 7 nitrogen and oxygen atoms in total. The van der Waals surface area contributed by atoms with Gasteiger partial charge in [-0.25, -0.2) is 8.42 Å². The Balaban J connectivity index is 2.04. The molecule has 140 valence electrons. The van der Waals surface area contributed by atoms with Gasteiger partial charge in [0.2, 0.25) is 10.0 Å². The van der Waals surface area contributed by atoms with Gasteiger partial charge in [0, 0.05) is 39.6 Å². The molecule has 1 unspecified atom stereocenters. The van der Waals surface area contributed by atoms with Gasteiger partial charge in [0.25, 0.3) is 5.91 Å². The van der Waals surface area contributed by atoms with E-state index in [4.69, 9.17) is 0 Å². The molecule has 0 spiro atoms. The van der Waals surface area contributed by atoms with E-state index < -0.39 is 15.6 Å². The number of hydrogen-bond acceptors (Lipinski definition) is 4. The highest BCUT2D eigenvalue weighted by atomic mass is 32.2. The molecule has 1 saturated heterocycles. The number of carbonyl (C=O) groups excluding carboxylic acids is 1. The summed E-state index contributed by atoms with van der Waals surface area (Å²) < 4.78 is 29.5. The van der Waals surface area contributed by atoms with Crippen molar-refractivity contribution in [3.05, 3.63) is 48.3 Å². The van der Waals surface area contributed by atoms with E-state index >= 15 is 0 Å². The first-order valence-corrected chi connectivity index (χ1v) is 10.0. The Kier molecular flexibility index (Phi) is 4.90. The molecule has 0 saturated carbocycles. The van der Waals surface area contributed by atoms with E-state index in [1.165, 1.54) is 9.21 Å². The number of likely N-dealkylation sites (N-methyl/N-ethyl adjacent to an activating group) is 1. The molecule has 1 aromatic heterocycles. The summed E-state index contributed by atoms with van der Waals surface area (Å²) in [5.74, 6) is -0.147. The van der Waals surface area contributed by atoms with Gasteiger partial charge in [-0.05, 0) is 37.5 Å². The summed E-state index contributed by atoms with van der Waals surface area (Å²) in [6.07, 6.45) is 4.47. The van der Waals surface area contributed by atoms with Crippen LogP contribution in [0.4, 0.5) is 0 Å². The van der Waals surface area contributed by atoms with Gasteiger partial charge >= 0.3 is 0 Å². The van der Waals surface area contributed by atoms with Crippen molar-refractivity contribution in [1.29, 1.82) is 0 Å². The predicted octanol–water partition coefficient (Wildman–Crippen LogP) is 1.46. The maximum absolute atomic E-state index is 13.2. The summed E-state index contributed by atoms with van der Waals surface area (Å²) in [7, 11) is -0.327. The van der Waals surface area contributed by atoms with Gasteiger partial charge in [-0.3, -0.25) is 9.48 Å². The van der Waals surface area contributed by atoms with Crippen molar-refractivity contribution < 1.29 is 13.2 Å². The van der Waals surface area contributed by atoms with E-state index in [2.05, 4.69) is 5.10 Å². The highest BCUT2D eigenvalue weighted by molar-refractivity contribution is 7.89. The van der Waals surface area contributed by atoms with Gasteiger partial charge in [0.05, 0.1) is 4.90 Å². The molecule has 0 radical (unpaired) electrons. The summed E-state index contributed by atoms with van der Waals surface area (Å²) >= 11 is 0. The minimum Gasteiger partial charge on any atom is -0.347 e. The van der Waals surface area contributed by atoms with Crippen LogP contribution in [0.3, 0.4) is 0 Å². The van der Waals surface area contributed by atoms with E-state index in [9.17, 15) is 13.2 Å². The average molecular weight is 376 g/mol. The standard InChI is InChI=1S/C18H24N4O3S/c1-15-8-4-5-9-16(15)26(24,25)21-12-6-10-18(14-21,17(23)20(2)3)22-13-7-11-19-22/h4-5,7-9,11,13H,6,10,12,14H2,1-3H3. The second-order valence-corrected chi connectivity index (χ2v) is 8.80. The van der Waals surface area contributed by atoms with E-state index in [0.29, 0.717) is 24.9 Å². The van der Waals surface area contributed by atoms with E-state index in [-0.39, 0.29) is 17.3 Å². The van der Waals surface area contributed by atoms with E-state index in [1.807, 2.05) is 6.07 Å². The third-order valence-corrected chi connectivity index (χ3v) is 6.90. The lowest BCUT2D eigenvalue weighted by Crippen LogP contribution is -2.59. The Morgan fingerprint density at radius 1 is 1.23 bits per heavy atom. The smallest absolute Gasteiger partial charge is 0.251 e. The first-order chi connectivity index (χ1) is 12.3. The van der Waals surface area contributed by atoms with Crippen molar-refractivity contribution in [2.45, 2.75) is 30.2 Å². The number of hydrogen-bond donors (Lipinski definition) is 0. The van der Waals surface area contributed by atoms with Crippen LogP contribution in [0.5, 0.6) is 0 Å². The molecule has 2 aromatic rings. The number of nitrogens with zero attached hydrogens (tertiary/aromatic N) is 4. The summed E-state index contributed by atoms with van der Waals surface area (Å²) in [6, 6.07) is 8.67. The van der Waals surface area contributed by atoms with Crippen molar-refractivity contribution in [3.63, 3.8) is 0 Å². The number of sulfonamides is 1. The monoisotopic (exact) mass is 376 g/mol. The van der Waals surface area contributed by atoms with E-state index in [0.717, 1.165) is 0 Å². The second-order valence-electron chi connectivity index (χ2n) is 6.89. The molecule has 3 rings (SSSR count). The number of rotatable bonds is 4. The number of piperidine rings is 1. The van der Waals surface area contributed by atoms with Crippen molar-refractivity contribution in [2.75, 3.05) is 27.2 Å². The summed E-state index contributed by atoms with van der Waals surface area (Å²) in [4.78, 5) is 14.8. The van der Waals surface area contributed by atoms with Gasteiger partial charge in [0.1, 0.15) is 0 Å². The highest BCUT2D eigenvalue weighted by Crippen LogP contribution is 2.33. The Morgan fingerprint density at radius 2 is 1.96 bits per heavy atom. The quantitative estimate of drug-likeness (QED) is 0.810. The molecule has 0 bridgehead atoms.